The average Bonchev–Trinajstić information content (AvgIpc) is 3.20. The molecule has 2 saturated heterocycles. The fourth-order valence-electron chi connectivity index (χ4n) is 5.22. The Bertz CT molecular complexity index is 1340. The highest BCUT2D eigenvalue weighted by Gasteiger charge is 2.33. The molecule has 2 aromatic rings. The van der Waals surface area contributed by atoms with Gasteiger partial charge in [-0.25, -0.2) is 0 Å². The topological polar surface area (TPSA) is 72.6 Å². The number of aromatic nitrogens is 1. The van der Waals surface area contributed by atoms with Gasteiger partial charge in [0.1, 0.15) is 21.8 Å². The van der Waals surface area contributed by atoms with Gasteiger partial charge in [-0.2, -0.15) is 5.26 Å². The van der Waals surface area contributed by atoms with Crippen molar-refractivity contribution in [2.75, 3.05) is 37.6 Å². The minimum absolute atomic E-state index is 0.0918. The Morgan fingerprint density at radius 2 is 1.74 bits per heavy atom. The second kappa shape index (κ2) is 13.4. The summed E-state index contributed by atoms with van der Waals surface area (Å²) >= 11 is 6.87. The SMILES string of the molecule is CCCCCN1C(=O)/C(=C\c2c(C)c(C#N)c(=O)n(CCC)c2N2CCN(Cc3ccccc3)CC2)SC1=S. The Hall–Kier alpha value is -2.93. The molecule has 1 aromatic heterocycles. The number of amides is 1. The van der Waals surface area contributed by atoms with Crippen molar-refractivity contribution in [3.8, 4) is 6.07 Å². The van der Waals surface area contributed by atoms with Crippen LogP contribution in [0.5, 0.6) is 0 Å². The van der Waals surface area contributed by atoms with Gasteiger partial charge >= 0.3 is 0 Å². The number of piperazine rings is 1. The maximum Gasteiger partial charge on any atom is 0.270 e. The number of hydrogen-bond acceptors (Lipinski definition) is 7. The molecule has 0 saturated carbocycles. The lowest BCUT2D eigenvalue weighted by molar-refractivity contribution is -0.122. The van der Waals surface area contributed by atoms with Crippen LogP contribution in [0.15, 0.2) is 40.0 Å². The quantitative estimate of drug-likeness (QED) is 0.225. The summed E-state index contributed by atoms with van der Waals surface area (Å²) in [5.74, 6) is 0.708. The third kappa shape index (κ3) is 6.46. The van der Waals surface area contributed by atoms with Gasteiger partial charge in [0.2, 0.25) is 0 Å². The van der Waals surface area contributed by atoms with E-state index in [-0.39, 0.29) is 17.0 Å². The van der Waals surface area contributed by atoms with Gasteiger partial charge < -0.3 is 4.90 Å². The van der Waals surface area contributed by atoms with Crippen LogP contribution >= 0.6 is 24.0 Å². The van der Waals surface area contributed by atoms with E-state index in [2.05, 4.69) is 47.1 Å². The predicted molar refractivity (Wildman–Crippen MR) is 164 cm³/mol. The second-order valence-corrected chi connectivity index (χ2v) is 11.8. The number of anilines is 1. The number of nitriles is 1. The fraction of sp³-hybridized carbons (Fsp3) is 0.467. The molecule has 4 rings (SSSR count). The number of nitrogens with zero attached hydrogens (tertiary/aromatic N) is 5. The lowest BCUT2D eigenvalue weighted by Gasteiger charge is -2.38. The largest absolute Gasteiger partial charge is 0.355 e. The third-order valence-electron chi connectivity index (χ3n) is 7.35. The van der Waals surface area contributed by atoms with Crippen LogP contribution in [0.1, 0.15) is 61.8 Å². The van der Waals surface area contributed by atoms with Crippen molar-refractivity contribution in [1.29, 1.82) is 5.26 Å². The number of unbranched alkanes of at least 4 members (excludes halogenated alkanes) is 2. The number of hydrogen-bond donors (Lipinski definition) is 0. The van der Waals surface area contributed by atoms with Gasteiger partial charge in [0.05, 0.1) is 4.91 Å². The molecule has 206 valence electrons. The van der Waals surface area contributed by atoms with E-state index in [0.29, 0.717) is 27.9 Å². The molecule has 3 heterocycles. The Morgan fingerprint density at radius 3 is 2.38 bits per heavy atom. The van der Waals surface area contributed by atoms with Crippen LogP contribution < -0.4 is 10.5 Å². The summed E-state index contributed by atoms with van der Waals surface area (Å²) in [5.41, 5.74) is 2.55. The van der Waals surface area contributed by atoms with Gasteiger partial charge in [0.15, 0.2) is 0 Å². The van der Waals surface area contributed by atoms with Gasteiger partial charge in [-0.05, 0) is 37.0 Å². The highest BCUT2D eigenvalue weighted by atomic mass is 32.2. The molecule has 1 amide bonds. The summed E-state index contributed by atoms with van der Waals surface area (Å²) in [5, 5.41) is 9.90. The van der Waals surface area contributed by atoms with Crippen molar-refractivity contribution < 1.29 is 4.79 Å². The van der Waals surface area contributed by atoms with Gasteiger partial charge in [-0.1, -0.05) is 81.0 Å². The summed E-state index contributed by atoms with van der Waals surface area (Å²) in [6.07, 6.45) is 5.65. The van der Waals surface area contributed by atoms with Crippen molar-refractivity contribution >= 4 is 46.1 Å². The van der Waals surface area contributed by atoms with E-state index in [4.69, 9.17) is 12.2 Å². The third-order valence-corrected chi connectivity index (χ3v) is 8.73. The number of rotatable bonds is 10. The predicted octanol–water partition coefficient (Wildman–Crippen LogP) is 5.15. The Balaban J connectivity index is 1.70. The number of thiocarbonyl (C=S) groups is 1. The van der Waals surface area contributed by atoms with E-state index in [1.54, 1.807) is 9.47 Å². The second-order valence-electron chi connectivity index (χ2n) is 10.1. The van der Waals surface area contributed by atoms with Crippen LogP contribution in [0, 0.1) is 18.3 Å². The molecular weight excluding hydrogens is 526 g/mol. The molecule has 1 aromatic carbocycles. The number of carbonyl (C=O) groups is 1. The van der Waals surface area contributed by atoms with Crippen molar-refractivity contribution in [3.05, 3.63) is 67.8 Å². The van der Waals surface area contributed by atoms with E-state index >= 15 is 0 Å². The monoisotopic (exact) mass is 563 g/mol. The lowest BCUT2D eigenvalue weighted by Crippen LogP contribution is -2.48. The maximum absolute atomic E-state index is 13.5. The van der Waals surface area contributed by atoms with E-state index < -0.39 is 0 Å². The van der Waals surface area contributed by atoms with E-state index in [0.717, 1.165) is 69.8 Å². The molecule has 0 bridgehead atoms. The summed E-state index contributed by atoms with van der Waals surface area (Å²) in [4.78, 5) is 33.7. The smallest absolute Gasteiger partial charge is 0.270 e. The first-order chi connectivity index (χ1) is 18.9. The molecule has 0 radical (unpaired) electrons. The van der Waals surface area contributed by atoms with Gasteiger partial charge in [0, 0.05) is 51.4 Å². The van der Waals surface area contributed by atoms with Gasteiger partial charge in [0.25, 0.3) is 11.5 Å². The summed E-state index contributed by atoms with van der Waals surface area (Å²) in [6.45, 7) is 11.2. The zero-order valence-electron chi connectivity index (χ0n) is 23.1. The van der Waals surface area contributed by atoms with Crippen molar-refractivity contribution in [3.63, 3.8) is 0 Å². The molecule has 39 heavy (non-hydrogen) atoms. The first-order valence-electron chi connectivity index (χ1n) is 13.8. The molecule has 0 spiro atoms. The fourth-order valence-corrected chi connectivity index (χ4v) is 6.51. The molecule has 2 aliphatic rings. The highest BCUT2D eigenvalue weighted by molar-refractivity contribution is 8.26. The number of benzene rings is 1. The van der Waals surface area contributed by atoms with Crippen LogP contribution in [-0.4, -0.2) is 57.3 Å². The molecular formula is C30H37N5O2S2. The van der Waals surface area contributed by atoms with Crippen LogP contribution in [0.4, 0.5) is 5.82 Å². The van der Waals surface area contributed by atoms with E-state index in [1.807, 2.05) is 26.0 Å². The molecule has 7 nitrogen and oxygen atoms in total. The summed E-state index contributed by atoms with van der Waals surface area (Å²) in [6, 6.07) is 12.6. The van der Waals surface area contributed by atoms with Crippen molar-refractivity contribution in [1.82, 2.24) is 14.4 Å². The maximum atomic E-state index is 13.5. The molecule has 2 fully saturated rings. The van der Waals surface area contributed by atoms with Crippen LogP contribution in [0.2, 0.25) is 0 Å². The summed E-state index contributed by atoms with van der Waals surface area (Å²) in [7, 11) is 0. The standard InChI is InChI=1S/C30H37N5O2S2/c1-4-6-10-14-35-29(37)26(39-30(35)38)19-24-22(3)25(20-31)28(36)34(13-5-2)27(24)33-17-15-32(16-18-33)21-23-11-8-7-9-12-23/h7-9,11-12,19H,4-6,10,13-18,21H2,1-3H3/b26-19+. The first kappa shape index (κ1) is 29.1. The lowest BCUT2D eigenvalue weighted by atomic mass is 10.0. The zero-order chi connectivity index (χ0) is 27.9. The Morgan fingerprint density at radius 1 is 1.03 bits per heavy atom. The van der Waals surface area contributed by atoms with Crippen molar-refractivity contribution in [2.45, 2.75) is 59.5 Å². The highest BCUT2D eigenvalue weighted by Crippen LogP contribution is 2.36. The first-order valence-corrected chi connectivity index (χ1v) is 15.1. The molecule has 0 unspecified atom stereocenters. The zero-order valence-corrected chi connectivity index (χ0v) is 24.7. The minimum Gasteiger partial charge on any atom is -0.355 e. The van der Waals surface area contributed by atoms with Crippen LogP contribution in [0.3, 0.4) is 0 Å². The van der Waals surface area contributed by atoms with E-state index in [9.17, 15) is 14.9 Å². The van der Waals surface area contributed by atoms with Crippen LogP contribution in [0.25, 0.3) is 6.08 Å². The number of thioether (sulfide) groups is 1. The molecule has 0 atom stereocenters. The van der Waals surface area contributed by atoms with Gasteiger partial charge in [-0.3, -0.25) is 24.0 Å². The average molecular weight is 564 g/mol. The molecule has 0 aliphatic carbocycles. The van der Waals surface area contributed by atoms with Gasteiger partial charge in [-0.15, -0.1) is 0 Å². The number of pyridine rings is 1. The Kier molecular flexibility index (Phi) is 10.0. The van der Waals surface area contributed by atoms with Crippen molar-refractivity contribution in [2.24, 2.45) is 0 Å². The minimum atomic E-state index is -0.261. The Labute approximate surface area is 241 Å². The van der Waals surface area contributed by atoms with E-state index in [1.165, 1.54) is 17.3 Å². The molecule has 9 heteroatoms. The molecule has 0 N–H and O–H groups in total. The van der Waals surface area contributed by atoms with Crippen LogP contribution in [-0.2, 0) is 17.9 Å². The normalized spacial score (nSPS) is 17.3. The molecule has 2 aliphatic heterocycles. The number of carbonyl (C=O) groups excluding carboxylic acids is 1. The summed E-state index contributed by atoms with van der Waals surface area (Å²) < 4.78 is 2.31.